The summed E-state index contributed by atoms with van der Waals surface area (Å²) in [6.07, 6.45) is 1.63. The average Bonchev–Trinajstić information content (AvgIpc) is 2.02. The lowest BCUT2D eigenvalue weighted by Crippen LogP contribution is -2.58. The van der Waals surface area contributed by atoms with Gasteiger partial charge in [-0.15, -0.1) is 11.8 Å². The van der Waals surface area contributed by atoms with Crippen LogP contribution in [0.4, 0.5) is 0 Å². The SMILES string of the molecule is CC#CCC1OC(C(C)C)C1(C)C. The van der Waals surface area contributed by atoms with Gasteiger partial charge in [0.05, 0.1) is 12.2 Å². The lowest BCUT2D eigenvalue weighted by molar-refractivity contribution is -0.247. The highest BCUT2D eigenvalue weighted by Crippen LogP contribution is 2.45. The van der Waals surface area contributed by atoms with E-state index >= 15 is 0 Å². The molecule has 0 spiro atoms. The van der Waals surface area contributed by atoms with Gasteiger partial charge in [-0.25, -0.2) is 0 Å². The molecular weight excluding hydrogens is 160 g/mol. The Kier molecular flexibility index (Phi) is 3.03. The van der Waals surface area contributed by atoms with Gasteiger partial charge in [-0.3, -0.25) is 0 Å². The third-order valence-electron chi connectivity index (χ3n) is 2.94. The Labute approximate surface area is 81.9 Å². The molecule has 0 bridgehead atoms. The Balaban J connectivity index is 2.52. The van der Waals surface area contributed by atoms with E-state index in [9.17, 15) is 0 Å². The maximum absolute atomic E-state index is 5.82. The van der Waals surface area contributed by atoms with E-state index in [1.807, 2.05) is 6.92 Å². The lowest BCUT2D eigenvalue weighted by Gasteiger charge is -2.53. The van der Waals surface area contributed by atoms with E-state index in [0.717, 1.165) is 6.42 Å². The molecule has 0 aromatic rings. The molecule has 1 saturated heterocycles. The van der Waals surface area contributed by atoms with Crippen LogP contribution >= 0.6 is 0 Å². The molecule has 1 rings (SSSR count). The van der Waals surface area contributed by atoms with Crippen LogP contribution < -0.4 is 0 Å². The third-order valence-corrected chi connectivity index (χ3v) is 2.94. The maximum atomic E-state index is 5.82. The van der Waals surface area contributed by atoms with Crippen LogP contribution in [0.15, 0.2) is 0 Å². The Morgan fingerprint density at radius 2 is 2.00 bits per heavy atom. The monoisotopic (exact) mass is 180 g/mol. The van der Waals surface area contributed by atoms with Gasteiger partial charge >= 0.3 is 0 Å². The molecule has 74 valence electrons. The molecule has 1 fully saturated rings. The Hall–Kier alpha value is -0.480. The van der Waals surface area contributed by atoms with Gasteiger partial charge in [0.2, 0.25) is 0 Å². The Morgan fingerprint density at radius 1 is 1.38 bits per heavy atom. The standard InChI is InChI=1S/C12H20O/c1-6-7-8-10-12(4,5)11(13-10)9(2)3/h9-11H,8H2,1-5H3. The van der Waals surface area contributed by atoms with Crippen molar-refractivity contribution in [3.8, 4) is 11.8 Å². The number of ether oxygens (including phenoxy) is 1. The fourth-order valence-electron chi connectivity index (χ4n) is 2.16. The molecule has 0 saturated carbocycles. The summed E-state index contributed by atoms with van der Waals surface area (Å²) >= 11 is 0. The van der Waals surface area contributed by atoms with E-state index in [1.54, 1.807) is 0 Å². The van der Waals surface area contributed by atoms with Crippen LogP contribution in [0.2, 0.25) is 0 Å². The minimum absolute atomic E-state index is 0.304. The van der Waals surface area contributed by atoms with Crippen LogP contribution in [-0.4, -0.2) is 12.2 Å². The molecule has 1 heterocycles. The predicted octanol–water partition coefficient (Wildman–Crippen LogP) is 2.85. The average molecular weight is 180 g/mol. The molecule has 0 aromatic heterocycles. The van der Waals surface area contributed by atoms with E-state index in [1.165, 1.54) is 0 Å². The second-order valence-corrected chi connectivity index (χ2v) is 4.74. The number of hydrogen-bond acceptors (Lipinski definition) is 1. The highest BCUT2D eigenvalue weighted by atomic mass is 16.5. The molecule has 2 unspecified atom stereocenters. The van der Waals surface area contributed by atoms with Crippen molar-refractivity contribution in [1.29, 1.82) is 0 Å². The van der Waals surface area contributed by atoms with Crippen molar-refractivity contribution < 1.29 is 4.74 Å². The largest absolute Gasteiger partial charge is 0.372 e. The summed E-state index contributed by atoms with van der Waals surface area (Å²) in [5, 5.41) is 0. The van der Waals surface area contributed by atoms with Crippen LogP contribution in [0.25, 0.3) is 0 Å². The highest BCUT2D eigenvalue weighted by Gasteiger charge is 2.50. The van der Waals surface area contributed by atoms with Gasteiger partial charge in [0.1, 0.15) is 0 Å². The van der Waals surface area contributed by atoms with Gasteiger partial charge in [0, 0.05) is 11.8 Å². The zero-order valence-corrected chi connectivity index (χ0v) is 9.35. The molecule has 1 aliphatic heterocycles. The molecule has 2 atom stereocenters. The smallest absolute Gasteiger partial charge is 0.0764 e. The van der Waals surface area contributed by atoms with Crippen molar-refractivity contribution in [2.75, 3.05) is 0 Å². The van der Waals surface area contributed by atoms with Crippen LogP contribution in [-0.2, 0) is 4.74 Å². The second-order valence-electron chi connectivity index (χ2n) is 4.74. The molecule has 0 aliphatic carbocycles. The Bertz CT molecular complexity index is 229. The van der Waals surface area contributed by atoms with Crippen LogP contribution in [0, 0.1) is 23.2 Å². The number of hydrogen-bond donors (Lipinski definition) is 0. The van der Waals surface area contributed by atoms with E-state index in [0.29, 0.717) is 23.5 Å². The van der Waals surface area contributed by atoms with E-state index in [4.69, 9.17) is 4.74 Å². The van der Waals surface area contributed by atoms with Gasteiger partial charge in [-0.2, -0.15) is 0 Å². The Morgan fingerprint density at radius 3 is 2.38 bits per heavy atom. The first kappa shape index (κ1) is 10.6. The topological polar surface area (TPSA) is 9.23 Å². The normalized spacial score (nSPS) is 30.6. The predicted molar refractivity (Wildman–Crippen MR) is 55.3 cm³/mol. The summed E-state index contributed by atoms with van der Waals surface area (Å²) in [5.41, 5.74) is 0.304. The van der Waals surface area contributed by atoms with E-state index < -0.39 is 0 Å². The molecule has 1 heteroatoms. The number of rotatable bonds is 2. The first-order chi connectivity index (χ1) is 6.00. The third kappa shape index (κ3) is 1.89. The first-order valence-electron chi connectivity index (χ1n) is 5.05. The summed E-state index contributed by atoms with van der Waals surface area (Å²) in [6.45, 7) is 10.9. The molecule has 0 amide bonds. The van der Waals surface area contributed by atoms with Gasteiger partial charge in [0.15, 0.2) is 0 Å². The summed E-state index contributed by atoms with van der Waals surface area (Å²) in [4.78, 5) is 0. The van der Waals surface area contributed by atoms with Crippen LogP contribution in [0.1, 0.15) is 41.0 Å². The summed E-state index contributed by atoms with van der Waals surface area (Å²) in [5.74, 6) is 6.62. The molecule has 1 aliphatic rings. The minimum atomic E-state index is 0.304. The van der Waals surface area contributed by atoms with Crippen molar-refractivity contribution in [2.45, 2.75) is 53.2 Å². The van der Waals surface area contributed by atoms with E-state index in [-0.39, 0.29) is 0 Å². The van der Waals surface area contributed by atoms with Gasteiger partial charge in [0.25, 0.3) is 0 Å². The van der Waals surface area contributed by atoms with E-state index in [2.05, 4.69) is 39.5 Å². The fraction of sp³-hybridized carbons (Fsp3) is 0.833. The highest BCUT2D eigenvalue weighted by molar-refractivity contribution is 5.05. The van der Waals surface area contributed by atoms with Gasteiger partial charge in [-0.05, 0) is 12.8 Å². The summed E-state index contributed by atoms with van der Waals surface area (Å²) < 4.78 is 5.82. The quantitative estimate of drug-likeness (QED) is 0.594. The summed E-state index contributed by atoms with van der Waals surface area (Å²) in [6, 6.07) is 0. The van der Waals surface area contributed by atoms with Gasteiger partial charge in [-0.1, -0.05) is 27.7 Å². The van der Waals surface area contributed by atoms with Crippen molar-refractivity contribution in [3.05, 3.63) is 0 Å². The molecular formula is C12H20O. The van der Waals surface area contributed by atoms with Crippen molar-refractivity contribution >= 4 is 0 Å². The zero-order valence-electron chi connectivity index (χ0n) is 9.35. The zero-order chi connectivity index (χ0) is 10.1. The van der Waals surface area contributed by atoms with Crippen molar-refractivity contribution in [1.82, 2.24) is 0 Å². The summed E-state index contributed by atoms with van der Waals surface area (Å²) in [7, 11) is 0. The minimum Gasteiger partial charge on any atom is -0.372 e. The molecule has 13 heavy (non-hydrogen) atoms. The fourth-order valence-corrected chi connectivity index (χ4v) is 2.16. The van der Waals surface area contributed by atoms with Crippen LogP contribution in [0.5, 0.6) is 0 Å². The van der Waals surface area contributed by atoms with Crippen molar-refractivity contribution in [3.63, 3.8) is 0 Å². The van der Waals surface area contributed by atoms with Gasteiger partial charge < -0.3 is 4.74 Å². The molecule has 0 N–H and O–H groups in total. The maximum Gasteiger partial charge on any atom is 0.0764 e. The van der Waals surface area contributed by atoms with Crippen LogP contribution in [0.3, 0.4) is 0 Å². The first-order valence-corrected chi connectivity index (χ1v) is 5.05. The molecule has 0 aromatic carbocycles. The second kappa shape index (κ2) is 3.72. The van der Waals surface area contributed by atoms with Crippen molar-refractivity contribution in [2.24, 2.45) is 11.3 Å². The lowest BCUT2D eigenvalue weighted by atomic mass is 9.70. The molecule has 0 radical (unpaired) electrons. The molecule has 1 nitrogen and oxygen atoms in total.